The molecule has 3 unspecified atom stereocenters. The number of rotatable bonds is 4. The van der Waals surface area contributed by atoms with Gasteiger partial charge in [0.1, 0.15) is 0 Å². The third-order valence-electron chi connectivity index (χ3n) is 2.91. The van der Waals surface area contributed by atoms with Crippen LogP contribution in [0.2, 0.25) is 0 Å². The SMILES string of the molecule is CC(C)C(Br)C(=O)NCC1CCOC1C. The lowest BCUT2D eigenvalue weighted by atomic mass is 10.0. The van der Waals surface area contributed by atoms with Crippen LogP contribution in [0, 0.1) is 11.8 Å². The van der Waals surface area contributed by atoms with E-state index in [-0.39, 0.29) is 16.8 Å². The Kier molecular flexibility index (Phi) is 5.06. The van der Waals surface area contributed by atoms with Gasteiger partial charge in [-0.3, -0.25) is 4.79 Å². The summed E-state index contributed by atoms with van der Waals surface area (Å²) in [5.41, 5.74) is 0. The first kappa shape index (κ1) is 13.0. The van der Waals surface area contributed by atoms with Gasteiger partial charge in [0, 0.05) is 19.1 Å². The lowest BCUT2D eigenvalue weighted by Crippen LogP contribution is -2.38. The van der Waals surface area contributed by atoms with Gasteiger partial charge in [-0.15, -0.1) is 0 Å². The fraction of sp³-hybridized carbons (Fsp3) is 0.909. The first-order valence-corrected chi connectivity index (χ1v) is 6.47. The van der Waals surface area contributed by atoms with Crippen molar-refractivity contribution < 1.29 is 9.53 Å². The lowest BCUT2D eigenvalue weighted by Gasteiger charge is -2.18. The van der Waals surface area contributed by atoms with Gasteiger partial charge in [-0.1, -0.05) is 29.8 Å². The number of carbonyl (C=O) groups excluding carboxylic acids is 1. The molecule has 1 amide bonds. The van der Waals surface area contributed by atoms with Gasteiger partial charge in [-0.2, -0.15) is 0 Å². The topological polar surface area (TPSA) is 38.3 Å². The van der Waals surface area contributed by atoms with Crippen LogP contribution in [0.3, 0.4) is 0 Å². The minimum Gasteiger partial charge on any atom is -0.378 e. The van der Waals surface area contributed by atoms with Crippen molar-refractivity contribution in [1.82, 2.24) is 5.32 Å². The summed E-state index contributed by atoms with van der Waals surface area (Å²) in [5, 5.41) is 2.97. The van der Waals surface area contributed by atoms with Crippen molar-refractivity contribution in [2.75, 3.05) is 13.2 Å². The van der Waals surface area contributed by atoms with Crippen molar-refractivity contribution in [2.24, 2.45) is 11.8 Å². The molecule has 1 saturated heterocycles. The molecular weight excluding hydrogens is 258 g/mol. The van der Waals surface area contributed by atoms with E-state index in [1.54, 1.807) is 0 Å². The second-order valence-electron chi connectivity index (χ2n) is 4.52. The molecule has 4 heteroatoms. The first-order chi connectivity index (χ1) is 7.02. The highest BCUT2D eigenvalue weighted by molar-refractivity contribution is 9.10. The van der Waals surface area contributed by atoms with Gasteiger partial charge in [0.2, 0.25) is 5.91 Å². The van der Waals surface area contributed by atoms with Gasteiger partial charge < -0.3 is 10.1 Å². The second kappa shape index (κ2) is 5.85. The number of amides is 1. The number of hydrogen-bond acceptors (Lipinski definition) is 2. The average molecular weight is 278 g/mol. The number of hydrogen-bond donors (Lipinski definition) is 1. The fourth-order valence-electron chi connectivity index (χ4n) is 1.68. The third-order valence-corrected chi connectivity index (χ3v) is 4.38. The lowest BCUT2D eigenvalue weighted by molar-refractivity contribution is -0.121. The van der Waals surface area contributed by atoms with Crippen LogP contribution in [0.4, 0.5) is 0 Å². The van der Waals surface area contributed by atoms with E-state index in [9.17, 15) is 4.79 Å². The standard InChI is InChI=1S/C11H20BrNO2/c1-7(2)10(12)11(14)13-6-9-4-5-15-8(9)3/h7-10H,4-6H2,1-3H3,(H,13,14). The van der Waals surface area contributed by atoms with E-state index < -0.39 is 0 Å². The quantitative estimate of drug-likeness (QED) is 0.798. The van der Waals surface area contributed by atoms with Gasteiger partial charge in [0.25, 0.3) is 0 Å². The number of alkyl halides is 1. The number of ether oxygens (including phenoxy) is 1. The molecule has 15 heavy (non-hydrogen) atoms. The van der Waals surface area contributed by atoms with E-state index in [0.717, 1.165) is 19.6 Å². The molecule has 0 bridgehead atoms. The molecule has 0 saturated carbocycles. The van der Waals surface area contributed by atoms with Gasteiger partial charge in [-0.25, -0.2) is 0 Å². The molecule has 3 nitrogen and oxygen atoms in total. The van der Waals surface area contributed by atoms with E-state index in [1.807, 2.05) is 13.8 Å². The van der Waals surface area contributed by atoms with E-state index in [2.05, 4.69) is 28.2 Å². The Labute approximate surface area is 100 Å². The summed E-state index contributed by atoms with van der Waals surface area (Å²) in [6, 6.07) is 0. The van der Waals surface area contributed by atoms with Crippen LogP contribution in [0.5, 0.6) is 0 Å². The highest BCUT2D eigenvalue weighted by Gasteiger charge is 2.26. The summed E-state index contributed by atoms with van der Waals surface area (Å²) >= 11 is 3.39. The Hall–Kier alpha value is -0.0900. The number of halogens is 1. The zero-order valence-corrected chi connectivity index (χ0v) is 11.2. The maximum atomic E-state index is 11.6. The molecule has 0 aromatic rings. The van der Waals surface area contributed by atoms with Crippen molar-refractivity contribution >= 4 is 21.8 Å². The van der Waals surface area contributed by atoms with Crippen molar-refractivity contribution in [2.45, 2.75) is 38.1 Å². The summed E-state index contributed by atoms with van der Waals surface area (Å²) in [4.78, 5) is 11.6. The van der Waals surface area contributed by atoms with Crippen LogP contribution in [-0.2, 0) is 9.53 Å². The molecule has 0 aromatic carbocycles. The molecular formula is C11H20BrNO2. The third kappa shape index (κ3) is 3.76. The number of carbonyl (C=O) groups is 1. The molecule has 1 heterocycles. The van der Waals surface area contributed by atoms with Crippen molar-refractivity contribution in [3.8, 4) is 0 Å². The Bertz CT molecular complexity index is 221. The molecule has 3 atom stereocenters. The van der Waals surface area contributed by atoms with E-state index in [0.29, 0.717) is 11.8 Å². The summed E-state index contributed by atoms with van der Waals surface area (Å²) in [6.45, 7) is 7.68. The van der Waals surface area contributed by atoms with Crippen LogP contribution in [0.1, 0.15) is 27.2 Å². The fourth-order valence-corrected chi connectivity index (χ4v) is 1.84. The Morgan fingerprint density at radius 2 is 2.27 bits per heavy atom. The molecule has 1 aliphatic rings. The van der Waals surface area contributed by atoms with Gasteiger partial charge in [-0.05, 0) is 19.3 Å². The molecule has 0 radical (unpaired) electrons. The van der Waals surface area contributed by atoms with E-state index in [1.165, 1.54) is 0 Å². The molecule has 0 aliphatic carbocycles. The highest BCUT2D eigenvalue weighted by atomic mass is 79.9. The Morgan fingerprint density at radius 1 is 1.60 bits per heavy atom. The minimum atomic E-state index is -0.0878. The van der Waals surface area contributed by atoms with Crippen LogP contribution < -0.4 is 5.32 Å². The van der Waals surface area contributed by atoms with Crippen LogP contribution >= 0.6 is 15.9 Å². The van der Waals surface area contributed by atoms with Gasteiger partial charge in [0.05, 0.1) is 10.9 Å². The van der Waals surface area contributed by atoms with Crippen molar-refractivity contribution in [3.05, 3.63) is 0 Å². The minimum absolute atomic E-state index is 0.0871. The van der Waals surface area contributed by atoms with Gasteiger partial charge >= 0.3 is 0 Å². The van der Waals surface area contributed by atoms with Crippen molar-refractivity contribution in [3.63, 3.8) is 0 Å². The largest absolute Gasteiger partial charge is 0.378 e. The summed E-state index contributed by atoms with van der Waals surface area (Å²) in [7, 11) is 0. The Morgan fingerprint density at radius 3 is 2.73 bits per heavy atom. The maximum Gasteiger partial charge on any atom is 0.234 e. The molecule has 0 spiro atoms. The zero-order valence-electron chi connectivity index (χ0n) is 9.63. The predicted molar refractivity (Wildman–Crippen MR) is 64.1 cm³/mol. The second-order valence-corrected chi connectivity index (χ2v) is 5.50. The first-order valence-electron chi connectivity index (χ1n) is 5.55. The van der Waals surface area contributed by atoms with Gasteiger partial charge in [0.15, 0.2) is 0 Å². The monoisotopic (exact) mass is 277 g/mol. The smallest absolute Gasteiger partial charge is 0.234 e. The molecule has 1 aliphatic heterocycles. The predicted octanol–water partition coefficient (Wildman–Crippen LogP) is 1.95. The van der Waals surface area contributed by atoms with Crippen LogP contribution in [0.25, 0.3) is 0 Å². The normalized spacial score (nSPS) is 28.1. The Balaban J connectivity index is 2.27. The highest BCUT2D eigenvalue weighted by Crippen LogP contribution is 2.19. The average Bonchev–Trinajstić information content (AvgIpc) is 2.59. The van der Waals surface area contributed by atoms with E-state index in [4.69, 9.17) is 4.74 Å². The molecule has 1 rings (SSSR count). The van der Waals surface area contributed by atoms with E-state index >= 15 is 0 Å². The molecule has 88 valence electrons. The number of nitrogens with one attached hydrogen (secondary N) is 1. The maximum absolute atomic E-state index is 11.6. The molecule has 1 N–H and O–H groups in total. The van der Waals surface area contributed by atoms with Crippen LogP contribution in [0.15, 0.2) is 0 Å². The zero-order chi connectivity index (χ0) is 11.4. The van der Waals surface area contributed by atoms with Crippen LogP contribution in [-0.4, -0.2) is 30.0 Å². The molecule has 1 fully saturated rings. The molecule has 0 aromatic heterocycles. The van der Waals surface area contributed by atoms with Crippen molar-refractivity contribution in [1.29, 1.82) is 0 Å². The summed E-state index contributed by atoms with van der Waals surface area (Å²) in [5.74, 6) is 0.882. The summed E-state index contributed by atoms with van der Waals surface area (Å²) < 4.78 is 5.44. The summed E-state index contributed by atoms with van der Waals surface area (Å²) in [6.07, 6.45) is 1.33.